The van der Waals surface area contributed by atoms with Gasteiger partial charge >= 0.3 is 6.18 Å². The smallest absolute Gasteiger partial charge is 0.166 e. The molecule has 0 atom stereocenters. The fourth-order valence-corrected chi connectivity index (χ4v) is 2.17. The molecule has 0 aliphatic rings. The Kier molecular flexibility index (Phi) is 2.95. The van der Waals surface area contributed by atoms with Gasteiger partial charge in [0.1, 0.15) is 0 Å². The van der Waals surface area contributed by atoms with Crippen LogP contribution in [-0.4, -0.2) is 0 Å². The van der Waals surface area contributed by atoms with E-state index in [0.717, 1.165) is 16.7 Å². The zero-order valence-electron chi connectivity index (χ0n) is 7.81. The van der Waals surface area contributed by atoms with Crippen LogP contribution in [0.5, 0.6) is 0 Å². The van der Waals surface area contributed by atoms with E-state index in [1.54, 1.807) is 24.3 Å². The second-order valence-corrected chi connectivity index (χ2v) is 4.42. The zero-order chi connectivity index (χ0) is 11.8. The summed E-state index contributed by atoms with van der Waals surface area (Å²) in [7, 11) is 0. The van der Waals surface area contributed by atoms with Crippen LogP contribution in [0.1, 0.15) is 5.56 Å². The predicted molar refractivity (Wildman–Crippen MR) is 58.6 cm³/mol. The molecule has 0 nitrogen and oxygen atoms in total. The Morgan fingerprint density at radius 3 is 2.25 bits per heavy atom. The van der Waals surface area contributed by atoms with E-state index in [0.29, 0.717) is 15.5 Å². The Morgan fingerprint density at radius 2 is 1.75 bits per heavy atom. The molecule has 1 radical (unpaired) electrons. The van der Waals surface area contributed by atoms with E-state index in [4.69, 9.17) is 11.6 Å². The number of hydrogen-bond acceptors (Lipinski definition) is 1. The second kappa shape index (κ2) is 4.11. The minimum Gasteiger partial charge on any atom is -0.166 e. The summed E-state index contributed by atoms with van der Waals surface area (Å²) in [6, 6.07) is 8.96. The molecule has 1 heterocycles. The maximum absolute atomic E-state index is 12.3. The van der Waals surface area contributed by atoms with Crippen molar-refractivity contribution in [2.45, 2.75) is 6.18 Å². The van der Waals surface area contributed by atoms with Gasteiger partial charge in [0.15, 0.2) is 0 Å². The van der Waals surface area contributed by atoms with Crippen LogP contribution in [0.3, 0.4) is 0 Å². The quantitative estimate of drug-likeness (QED) is 0.686. The van der Waals surface area contributed by atoms with E-state index in [1.165, 1.54) is 0 Å². The van der Waals surface area contributed by atoms with Crippen LogP contribution < -0.4 is 0 Å². The average Bonchev–Trinajstić information content (AvgIpc) is 2.67. The van der Waals surface area contributed by atoms with E-state index < -0.39 is 11.7 Å². The minimum absolute atomic E-state index is 0.462. The maximum Gasteiger partial charge on any atom is 0.417 e. The van der Waals surface area contributed by atoms with Gasteiger partial charge in [-0.1, -0.05) is 23.7 Å². The first kappa shape index (κ1) is 11.5. The zero-order valence-corrected chi connectivity index (χ0v) is 9.38. The second-order valence-electron chi connectivity index (χ2n) is 3.11. The Labute approximate surface area is 99.3 Å². The largest absolute Gasteiger partial charge is 0.417 e. The molecule has 83 valence electrons. The molecular weight excluding hydrogens is 257 g/mol. The molecule has 1 aromatic carbocycles. The molecule has 0 spiro atoms. The highest BCUT2D eigenvalue weighted by Gasteiger charge is 2.32. The minimum atomic E-state index is -4.33. The molecule has 0 aliphatic carbocycles. The highest BCUT2D eigenvalue weighted by molar-refractivity contribution is 7.13. The lowest BCUT2D eigenvalue weighted by molar-refractivity contribution is -0.137. The van der Waals surface area contributed by atoms with Gasteiger partial charge in [-0.25, -0.2) is 0 Å². The van der Waals surface area contributed by atoms with Crippen molar-refractivity contribution in [3.05, 3.63) is 46.3 Å². The third-order valence-electron chi connectivity index (χ3n) is 1.95. The van der Waals surface area contributed by atoms with Crippen LogP contribution in [0.25, 0.3) is 10.4 Å². The predicted octanol–water partition coefficient (Wildman–Crippen LogP) is 4.89. The van der Waals surface area contributed by atoms with Crippen LogP contribution in [-0.2, 0) is 6.18 Å². The molecule has 0 saturated heterocycles. The monoisotopic (exact) mass is 261 g/mol. The molecule has 16 heavy (non-hydrogen) atoms. The highest BCUT2D eigenvalue weighted by Crippen LogP contribution is 2.36. The first-order valence-corrected chi connectivity index (χ1v) is 5.56. The Bertz CT molecular complexity index is 485. The normalized spacial score (nSPS) is 11.8. The van der Waals surface area contributed by atoms with Crippen LogP contribution >= 0.6 is 22.9 Å². The molecule has 1 aromatic heterocycles. The molecule has 0 N–H and O–H groups in total. The average molecular weight is 262 g/mol. The summed E-state index contributed by atoms with van der Waals surface area (Å²) in [5.41, 5.74) is -0.0487. The highest BCUT2D eigenvalue weighted by atomic mass is 35.5. The van der Waals surface area contributed by atoms with Crippen molar-refractivity contribution in [2.75, 3.05) is 0 Å². The lowest BCUT2D eigenvalue weighted by Crippen LogP contribution is -2.02. The third-order valence-corrected chi connectivity index (χ3v) is 3.13. The van der Waals surface area contributed by atoms with Crippen molar-refractivity contribution < 1.29 is 13.2 Å². The molecule has 0 unspecified atom stereocenters. The van der Waals surface area contributed by atoms with Crippen molar-refractivity contribution in [3.63, 3.8) is 0 Å². The van der Waals surface area contributed by atoms with Crippen LogP contribution in [0, 0.1) is 6.07 Å². The number of benzene rings is 1. The maximum atomic E-state index is 12.3. The number of hydrogen-bond donors (Lipinski definition) is 0. The summed E-state index contributed by atoms with van der Waals surface area (Å²) in [5, 5.41) is 1.61. The van der Waals surface area contributed by atoms with E-state index in [1.807, 2.05) is 0 Å². The molecule has 0 aliphatic heterocycles. The van der Waals surface area contributed by atoms with Crippen LogP contribution in [0.4, 0.5) is 13.2 Å². The number of rotatable bonds is 1. The van der Waals surface area contributed by atoms with Crippen molar-refractivity contribution in [3.8, 4) is 10.4 Å². The molecule has 2 aromatic rings. The fourth-order valence-electron chi connectivity index (χ4n) is 1.18. The summed E-state index contributed by atoms with van der Waals surface area (Å²) >= 11 is 6.71. The van der Waals surface area contributed by atoms with Gasteiger partial charge in [0, 0.05) is 21.3 Å². The topological polar surface area (TPSA) is 0 Å². The molecule has 0 bridgehead atoms. The number of halogens is 4. The van der Waals surface area contributed by atoms with Gasteiger partial charge in [0.05, 0.1) is 5.56 Å². The van der Waals surface area contributed by atoms with E-state index in [2.05, 4.69) is 6.07 Å². The lowest BCUT2D eigenvalue weighted by Gasteiger charge is -2.00. The van der Waals surface area contributed by atoms with E-state index in [9.17, 15) is 13.2 Å². The molecule has 5 heteroatoms. The first-order valence-electron chi connectivity index (χ1n) is 4.31. The summed E-state index contributed by atoms with van der Waals surface area (Å²) in [4.78, 5) is 0.462. The number of thiophene rings is 1. The van der Waals surface area contributed by atoms with Gasteiger partial charge in [-0.05, 0) is 17.7 Å². The van der Waals surface area contributed by atoms with E-state index >= 15 is 0 Å². The molecule has 0 amide bonds. The molecular formula is C11H5ClF3S. The van der Waals surface area contributed by atoms with Crippen molar-refractivity contribution >= 4 is 22.9 Å². The van der Waals surface area contributed by atoms with Gasteiger partial charge in [-0.15, -0.1) is 11.3 Å². The number of alkyl halides is 3. The first-order chi connectivity index (χ1) is 7.47. The van der Waals surface area contributed by atoms with Gasteiger partial charge in [0.25, 0.3) is 0 Å². The summed E-state index contributed by atoms with van der Waals surface area (Å²) in [5.74, 6) is 0. The summed E-state index contributed by atoms with van der Waals surface area (Å²) in [6.45, 7) is 0. The van der Waals surface area contributed by atoms with Crippen LogP contribution in [0.15, 0.2) is 29.6 Å². The van der Waals surface area contributed by atoms with Gasteiger partial charge < -0.3 is 0 Å². The molecule has 0 fully saturated rings. The fraction of sp³-hybridized carbons (Fsp3) is 0.0909. The lowest BCUT2D eigenvalue weighted by atomic mass is 10.2. The van der Waals surface area contributed by atoms with Gasteiger partial charge in [0.2, 0.25) is 0 Å². The van der Waals surface area contributed by atoms with Crippen molar-refractivity contribution in [2.24, 2.45) is 0 Å². The molecule has 0 saturated carbocycles. The van der Waals surface area contributed by atoms with Crippen molar-refractivity contribution in [1.82, 2.24) is 0 Å². The standard InChI is InChI=1S/C11H5ClF3S/c12-9-3-1-7(2-4-9)10-5-8(6-16-10)11(13,14)15/h1-4,6H. The van der Waals surface area contributed by atoms with Crippen LogP contribution in [0.2, 0.25) is 5.02 Å². The SMILES string of the molecule is FC(F)(F)c1[c]c(-c2ccc(Cl)cc2)sc1. The van der Waals surface area contributed by atoms with Gasteiger partial charge in [-0.2, -0.15) is 13.2 Å². The van der Waals surface area contributed by atoms with E-state index in [-0.39, 0.29) is 0 Å². The third kappa shape index (κ3) is 2.39. The Hall–Kier alpha value is -1.00. The summed E-state index contributed by atoms with van der Waals surface area (Å²) < 4.78 is 37.0. The van der Waals surface area contributed by atoms with Gasteiger partial charge in [-0.3, -0.25) is 0 Å². The molecule has 2 rings (SSSR count). The Balaban J connectivity index is 2.35. The summed E-state index contributed by atoms with van der Waals surface area (Å²) in [6.07, 6.45) is -4.33. The Morgan fingerprint density at radius 1 is 1.12 bits per heavy atom. The van der Waals surface area contributed by atoms with Crippen molar-refractivity contribution in [1.29, 1.82) is 0 Å².